The average Bonchev–Trinajstić information content (AvgIpc) is 3.08. The zero-order chi connectivity index (χ0) is 24.3. The zero-order valence-corrected chi connectivity index (χ0v) is 20.1. The SMILES string of the molecule is COC(=O)c1ccc2c(c1)NC(=O)/C2=C(/C)Nc1ccc(N(CCN(C)C)S(C)(=O)=O)cc1. The molecule has 3 rings (SSSR count). The van der Waals surface area contributed by atoms with E-state index in [0.29, 0.717) is 52.5 Å². The molecule has 0 atom stereocenters. The molecular weight excluding hydrogens is 444 g/mol. The molecule has 1 aliphatic heterocycles. The number of carbonyl (C=O) groups is 2. The minimum absolute atomic E-state index is 0.277. The van der Waals surface area contributed by atoms with Gasteiger partial charge in [-0.05, 0) is 57.4 Å². The quantitative estimate of drug-likeness (QED) is 0.449. The molecule has 1 aliphatic rings. The molecule has 1 amide bonds. The van der Waals surface area contributed by atoms with E-state index in [-0.39, 0.29) is 5.91 Å². The topological polar surface area (TPSA) is 108 Å². The highest BCUT2D eigenvalue weighted by Crippen LogP contribution is 2.35. The van der Waals surface area contributed by atoms with E-state index < -0.39 is 16.0 Å². The third-order valence-corrected chi connectivity index (χ3v) is 6.39. The van der Waals surface area contributed by atoms with E-state index >= 15 is 0 Å². The average molecular weight is 473 g/mol. The number of hydrogen-bond donors (Lipinski definition) is 2. The summed E-state index contributed by atoms with van der Waals surface area (Å²) in [5.74, 6) is -0.756. The third kappa shape index (κ3) is 5.52. The van der Waals surface area contributed by atoms with E-state index in [1.165, 1.54) is 17.7 Å². The second-order valence-corrected chi connectivity index (χ2v) is 9.92. The Morgan fingerprint density at radius 2 is 1.76 bits per heavy atom. The van der Waals surface area contributed by atoms with Gasteiger partial charge in [-0.25, -0.2) is 13.2 Å². The number of benzene rings is 2. The fourth-order valence-electron chi connectivity index (χ4n) is 3.56. The van der Waals surface area contributed by atoms with Gasteiger partial charge >= 0.3 is 5.97 Å². The number of sulfonamides is 1. The number of fused-ring (bicyclic) bond motifs is 1. The molecule has 0 bridgehead atoms. The van der Waals surface area contributed by atoms with Crippen LogP contribution < -0.4 is 14.9 Å². The Balaban J connectivity index is 1.84. The van der Waals surface area contributed by atoms with Crippen LogP contribution in [0.2, 0.25) is 0 Å². The molecule has 2 N–H and O–H groups in total. The first-order valence-electron chi connectivity index (χ1n) is 10.3. The van der Waals surface area contributed by atoms with Gasteiger partial charge in [-0.15, -0.1) is 0 Å². The van der Waals surface area contributed by atoms with Gasteiger partial charge in [0.1, 0.15) is 0 Å². The van der Waals surface area contributed by atoms with E-state index in [0.717, 1.165) is 0 Å². The normalized spacial score (nSPS) is 14.5. The van der Waals surface area contributed by atoms with Crippen LogP contribution in [0.5, 0.6) is 0 Å². The predicted molar refractivity (Wildman–Crippen MR) is 130 cm³/mol. The van der Waals surface area contributed by atoms with Crippen LogP contribution in [0, 0.1) is 0 Å². The van der Waals surface area contributed by atoms with Crippen molar-refractivity contribution in [2.24, 2.45) is 0 Å². The summed E-state index contributed by atoms with van der Waals surface area (Å²) in [7, 11) is 1.65. The molecule has 0 saturated heterocycles. The lowest BCUT2D eigenvalue weighted by Gasteiger charge is -2.24. The van der Waals surface area contributed by atoms with Crippen molar-refractivity contribution in [1.82, 2.24) is 4.90 Å². The molecule has 2 aromatic carbocycles. The van der Waals surface area contributed by atoms with Crippen molar-refractivity contribution in [1.29, 1.82) is 0 Å². The summed E-state index contributed by atoms with van der Waals surface area (Å²) >= 11 is 0. The molecule has 9 nitrogen and oxygen atoms in total. The van der Waals surface area contributed by atoms with Crippen LogP contribution in [0.3, 0.4) is 0 Å². The first kappa shape index (κ1) is 24.3. The summed E-state index contributed by atoms with van der Waals surface area (Å²) in [6, 6.07) is 11.9. The van der Waals surface area contributed by atoms with E-state index in [4.69, 9.17) is 4.74 Å². The number of allylic oxidation sites excluding steroid dienone is 1. The van der Waals surface area contributed by atoms with Gasteiger partial charge < -0.3 is 20.3 Å². The number of ether oxygens (including phenoxy) is 1. The number of likely N-dealkylation sites (N-methyl/N-ethyl adjacent to an activating group) is 1. The van der Waals surface area contributed by atoms with Crippen molar-refractivity contribution in [2.75, 3.05) is 55.5 Å². The number of nitrogens with one attached hydrogen (secondary N) is 2. The van der Waals surface area contributed by atoms with Crippen molar-refractivity contribution in [2.45, 2.75) is 6.92 Å². The molecule has 0 unspecified atom stereocenters. The van der Waals surface area contributed by atoms with E-state index in [2.05, 4.69) is 10.6 Å². The van der Waals surface area contributed by atoms with Crippen LogP contribution in [0.1, 0.15) is 22.8 Å². The van der Waals surface area contributed by atoms with Crippen LogP contribution >= 0.6 is 0 Å². The van der Waals surface area contributed by atoms with Gasteiger partial charge in [0.2, 0.25) is 10.0 Å². The lowest BCUT2D eigenvalue weighted by atomic mass is 10.0. The Morgan fingerprint density at radius 1 is 1.09 bits per heavy atom. The molecule has 0 saturated carbocycles. The molecule has 10 heteroatoms. The number of nitrogens with zero attached hydrogens (tertiary/aromatic N) is 2. The molecule has 0 fully saturated rings. The van der Waals surface area contributed by atoms with Crippen LogP contribution in [0.15, 0.2) is 48.2 Å². The van der Waals surface area contributed by atoms with Crippen LogP contribution in [-0.2, 0) is 19.6 Å². The highest BCUT2D eigenvalue weighted by molar-refractivity contribution is 7.92. The molecule has 0 spiro atoms. The number of carbonyl (C=O) groups excluding carboxylic acids is 2. The maximum absolute atomic E-state index is 12.6. The van der Waals surface area contributed by atoms with E-state index in [1.807, 2.05) is 19.0 Å². The molecule has 0 radical (unpaired) electrons. The van der Waals surface area contributed by atoms with Gasteiger partial charge in [0, 0.05) is 30.0 Å². The first-order valence-corrected chi connectivity index (χ1v) is 12.1. The third-order valence-electron chi connectivity index (χ3n) is 5.20. The summed E-state index contributed by atoms with van der Waals surface area (Å²) in [4.78, 5) is 26.3. The highest BCUT2D eigenvalue weighted by Gasteiger charge is 2.27. The van der Waals surface area contributed by atoms with Crippen molar-refractivity contribution in [3.05, 3.63) is 59.3 Å². The van der Waals surface area contributed by atoms with E-state index in [9.17, 15) is 18.0 Å². The fraction of sp³-hybridized carbons (Fsp3) is 0.304. The largest absolute Gasteiger partial charge is 0.465 e. The second-order valence-electron chi connectivity index (χ2n) is 8.02. The maximum Gasteiger partial charge on any atom is 0.337 e. The van der Waals surface area contributed by atoms with Crippen molar-refractivity contribution >= 4 is 44.5 Å². The standard InChI is InChI=1S/C23H28N4O5S/c1-15(21-19-11-6-16(23(29)32-4)14-20(19)25-22(21)28)24-17-7-9-18(10-8-17)27(33(5,30)31)13-12-26(2)3/h6-11,14,24H,12-13H2,1-5H3,(H,25,28)/b21-15-. The molecular formula is C23H28N4O5S. The lowest BCUT2D eigenvalue weighted by Crippen LogP contribution is -2.35. The van der Waals surface area contributed by atoms with Gasteiger partial charge in [-0.3, -0.25) is 9.10 Å². The van der Waals surface area contributed by atoms with E-state index in [1.54, 1.807) is 49.4 Å². The molecule has 0 aliphatic carbocycles. The monoisotopic (exact) mass is 472 g/mol. The Labute approximate surface area is 194 Å². The number of hydrogen-bond acceptors (Lipinski definition) is 7. The lowest BCUT2D eigenvalue weighted by molar-refractivity contribution is -0.110. The van der Waals surface area contributed by atoms with Crippen LogP contribution in [-0.4, -0.2) is 65.7 Å². The number of anilines is 3. The predicted octanol–water partition coefficient (Wildman–Crippen LogP) is 2.60. The van der Waals surface area contributed by atoms with Crippen molar-refractivity contribution in [3.63, 3.8) is 0 Å². The Kier molecular flexibility index (Phi) is 7.09. The number of rotatable bonds is 8. The minimum Gasteiger partial charge on any atom is -0.465 e. The van der Waals surface area contributed by atoms with Crippen molar-refractivity contribution < 1.29 is 22.7 Å². The molecule has 1 heterocycles. The van der Waals surface area contributed by atoms with Gasteiger partial charge in [-0.2, -0.15) is 0 Å². The summed E-state index contributed by atoms with van der Waals surface area (Å²) in [5.41, 5.74) is 3.93. The highest BCUT2D eigenvalue weighted by atomic mass is 32.2. The zero-order valence-electron chi connectivity index (χ0n) is 19.3. The second kappa shape index (κ2) is 9.63. The summed E-state index contributed by atoms with van der Waals surface area (Å²) < 4.78 is 30.6. The number of methoxy groups -OCH3 is 1. The Morgan fingerprint density at radius 3 is 2.33 bits per heavy atom. The molecule has 2 aromatic rings. The first-order chi connectivity index (χ1) is 15.5. The summed E-state index contributed by atoms with van der Waals surface area (Å²) in [5, 5.41) is 5.99. The van der Waals surface area contributed by atoms with Crippen LogP contribution in [0.25, 0.3) is 5.57 Å². The summed E-state index contributed by atoms with van der Waals surface area (Å²) in [6.45, 7) is 2.71. The van der Waals surface area contributed by atoms with Gasteiger partial charge in [0.25, 0.3) is 5.91 Å². The molecule has 176 valence electrons. The summed E-state index contributed by atoms with van der Waals surface area (Å²) in [6.07, 6.45) is 1.19. The molecule has 0 aromatic heterocycles. The fourth-order valence-corrected chi connectivity index (χ4v) is 4.48. The van der Waals surface area contributed by atoms with Gasteiger partial charge in [-0.1, -0.05) is 6.07 Å². The smallest absolute Gasteiger partial charge is 0.337 e. The maximum atomic E-state index is 12.6. The van der Waals surface area contributed by atoms with Gasteiger partial charge in [0.05, 0.1) is 35.9 Å². The van der Waals surface area contributed by atoms with Gasteiger partial charge in [0.15, 0.2) is 0 Å². The molecule has 33 heavy (non-hydrogen) atoms. The van der Waals surface area contributed by atoms with Crippen LogP contribution in [0.4, 0.5) is 17.1 Å². The minimum atomic E-state index is -3.42. The van der Waals surface area contributed by atoms with Crippen molar-refractivity contribution in [3.8, 4) is 0 Å². The Bertz CT molecular complexity index is 1200. The number of amides is 1. The number of esters is 1. The Hall–Kier alpha value is -3.37.